The molecule has 0 radical (unpaired) electrons. The molecule has 1 aliphatic rings. The van der Waals surface area contributed by atoms with Crippen LogP contribution in [-0.4, -0.2) is 25.8 Å². The standard InChI is InChI=1S/C16H25NO2S/c1-4-11-17(12-14-5-6-14)20(18,19)16-9-7-15(8-10-16)13(2)3/h7-10,13-14H,4-6,11-12H2,1-3H3. The summed E-state index contributed by atoms with van der Waals surface area (Å²) in [5, 5.41) is 0. The van der Waals surface area contributed by atoms with Crippen molar-refractivity contribution in [1.82, 2.24) is 4.31 Å². The fraction of sp³-hybridized carbons (Fsp3) is 0.625. The fourth-order valence-electron chi connectivity index (χ4n) is 2.32. The van der Waals surface area contributed by atoms with Crippen molar-refractivity contribution < 1.29 is 8.42 Å². The zero-order valence-corrected chi connectivity index (χ0v) is 13.5. The van der Waals surface area contributed by atoms with Gasteiger partial charge in [0.1, 0.15) is 0 Å². The maximum absolute atomic E-state index is 12.7. The molecule has 0 N–H and O–H groups in total. The molecular formula is C16H25NO2S. The molecular weight excluding hydrogens is 270 g/mol. The maximum atomic E-state index is 12.7. The highest BCUT2D eigenvalue weighted by Crippen LogP contribution is 2.31. The highest BCUT2D eigenvalue weighted by atomic mass is 32.2. The Morgan fingerprint density at radius 3 is 2.25 bits per heavy atom. The van der Waals surface area contributed by atoms with E-state index in [2.05, 4.69) is 13.8 Å². The van der Waals surface area contributed by atoms with Crippen molar-refractivity contribution in [2.75, 3.05) is 13.1 Å². The van der Waals surface area contributed by atoms with Gasteiger partial charge in [0.05, 0.1) is 4.90 Å². The first-order valence-electron chi connectivity index (χ1n) is 7.55. The van der Waals surface area contributed by atoms with E-state index >= 15 is 0 Å². The number of nitrogens with zero attached hydrogens (tertiary/aromatic N) is 1. The Morgan fingerprint density at radius 2 is 1.80 bits per heavy atom. The summed E-state index contributed by atoms with van der Waals surface area (Å²) in [6, 6.07) is 7.36. The summed E-state index contributed by atoms with van der Waals surface area (Å²) in [6.45, 7) is 7.55. The van der Waals surface area contributed by atoms with Crippen LogP contribution in [0.1, 0.15) is 51.5 Å². The minimum absolute atomic E-state index is 0.421. The molecule has 4 heteroatoms. The van der Waals surface area contributed by atoms with Gasteiger partial charge in [-0.15, -0.1) is 0 Å². The Bertz CT molecular complexity index is 530. The van der Waals surface area contributed by atoms with E-state index in [0.717, 1.165) is 6.42 Å². The summed E-state index contributed by atoms with van der Waals surface area (Å²) in [5.74, 6) is 0.997. The van der Waals surface area contributed by atoms with E-state index < -0.39 is 10.0 Å². The van der Waals surface area contributed by atoms with Crippen LogP contribution in [0.2, 0.25) is 0 Å². The zero-order chi connectivity index (χ0) is 14.8. The number of benzene rings is 1. The molecule has 3 nitrogen and oxygen atoms in total. The second kappa shape index (κ2) is 6.27. The molecule has 0 unspecified atom stereocenters. The van der Waals surface area contributed by atoms with Gasteiger partial charge in [-0.3, -0.25) is 0 Å². The largest absolute Gasteiger partial charge is 0.243 e. The molecule has 0 aromatic heterocycles. The lowest BCUT2D eigenvalue weighted by molar-refractivity contribution is 0.395. The molecule has 2 rings (SSSR count). The first kappa shape index (κ1) is 15.5. The minimum atomic E-state index is -3.33. The van der Waals surface area contributed by atoms with E-state index in [1.807, 2.05) is 19.1 Å². The summed E-state index contributed by atoms with van der Waals surface area (Å²) in [7, 11) is -3.33. The van der Waals surface area contributed by atoms with Crippen LogP contribution >= 0.6 is 0 Å². The average Bonchev–Trinajstić information content (AvgIpc) is 3.22. The van der Waals surface area contributed by atoms with Crippen molar-refractivity contribution in [2.24, 2.45) is 5.92 Å². The van der Waals surface area contributed by atoms with Crippen molar-refractivity contribution in [3.63, 3.8) is 0 Å². The van der Waals surface area contributed by atoms with E-state index in [1.165, 1.54) is 18.4 Å². The molecule has 0 atom stereocenters. The lowest BCUT2D eigenvalue weighted by Crippen LogP contribution is -2.33. The Balaban J connectivity index is 2.21. The van der Waals surface area contributed by atoms with Crippen LogP contribution in [0.4, 0.5) is 0 Å². The molecule has 20 heavy (non-hydrogen) atoms. The molecule has 1 aliphatic carbocycles. The monoisotopic (exact) mass is 295 g/mol. The Morgan fingerprint density at radius 1 is 1.20 bits per heavy atom. The van der Waals surface area contributed by atoms with Gasteiger partial charge in [0.15, 0.2) is 0 Å². The van der Waals surface area contributed by atoms with E-state index in [0.29, 0.717) is 29.8 Å². The van der Waals surface area contributed by atoms with Crippen LogP contribution in [0.25, 0.3) is 0 Å². The van der Waals surface area contributed by atoms with Crippen molar-refractivity contribution >= 4 is 10.0 Å². The third kappa shape index (κ3) is 3.61. The summed E-state index contributed by atoms with van der Waals surface area (Å²) in [5.41, 5.74) is 1.17. The van der Waals surface area contributed by atoms with Crippen LogP contribution in [0, 0.1) is 5.92 Å². The summed E-state index contributed by atoms with van der Waals surface area (Å²) < 4.78 is 27.0. The summed E-state index contributed by atoms with van der Waals surface area (Å²) in [6.07, 6.45) is 3.19. The Labute approximate surface area is 123 Å². The van der Waals surface area contributed by atoms with E-state index in [9.17, 15) is 8.42 Å². The lowest BCUT2D eigenvalue weighted by atomic mass is 10.0. The van der Waals surface area contributed by atoms with Crippen molar-refractivity contribution in [3.05, 3.63) is 29.8 Å². The van der Waals surface area contributed by atoms with Gasteiger partial charge < -0.3 is 0 Å². The number of rotatable bonds is 7. The van der Waals surface area contributed by atoms with Gasteiger partial charge in [-0.2, -0.15) is 4.31 Å². The molecule has 1 saturated carbocycles. The minimum Gasteiger partial charge on any atom is -0.207 e. The van der Waals surface area contributed by atoms with E-state index in [1.54, 1.807) is 16.4 Å². The quantitative estimate of drug-likeness (QED) is 0.770. The average molecular weight is 295 g/mol. The molecule has 1 fully saturated rings. The van der Waals surface area contributed by atoms with Crippen LogP contribution < -0.4 is 0 Å². The molecule has 0 aliphatic heterocycles. The summed E-state index contributed by atoms with van der Waals surface area (Å²) >= 11 is 0. The van der Waals surface area contributed by atoms with Gasteiger partial charge in [0.2, 0.25) is 10.0 Å². The normalized spacial score (nSPS) is 16.1. The van der Waals surface area contributed by atoms with E-state index in [4.69, 9.17) is 0 Å². The van der Waals surface area contributed by atoms with Crippen LogP contribution in [0.3, 0.4) is 0 Å². The van der Waals surface area contributed by atoms with Gasteiger partial charge in [0, 0.05) is 13.1 Å². The second-order valence-corrected chi connectivity index (χ2v) is 7.97. The van der Waals surface area contributed by atoms with Gasteiger partial charge in [-0.25, -0.2) is 8.42 Å². The number of sulfonamides is 1. The lowest BCUT2D eigenvalue weighted by Gasteiger charge is -2.21. The van der Waals surface area contributed by atoms with Gasteiger partial charge in [-0.1, -0.05) is 32.9 Å². The predicted molar refractivity (Wildman–Crippen MR) is 82.3 cm³/mol. The third-order valence-corrected chi connectivity index (χ3v) is 5.70. The zero-order valence-electron chi connectivity index (χ0n) is 12.7. The molecule has 0 bridgehead atoms. The van der Waals surface area contributed by atoms with Gasteiger partial charge in [0.25, 0.3) is 0 Å². The SMILES string of the molecule is CCCN(CC1CC1)S(=O)(=O)c1ccc(C(C)C)cc1. The summed E-state index contributed by atoms with van der Waals surface area (Å²) in [4.78, 5) is 0.427. The van der Waals surface area contributed by atoms with Crippen LogP contribution in [-0.2, 0) is 10.0 Å². The third-order valence-electron chi connectivity index (χ3n) is 3.82. The molecule has 0 spiro atoms. The molecule has 1 aromatic rings. The van der Waals surface area contributed by atoms with Gasteiger partial charge in [-0.05, 0) is 48.8 Å². The second-order valence-electron chi connectivity index (χ2n) is 6.03. The highest BCUT2D eigenvalue weighted by molar-refractivity contribution is 7.89. The Kier molecular flexibility index (Phi) is 4.86. The molecule has 1 aromatic carbocycles. The van der Waals surface area contributed by atoms with E-state index in [-0.39, 0.29) is 0 Å². The molecule has 112 valence electrons. The smallest absolute Gasteiger partial charge is 0.207 e. The Hall–Kier alpha value is -0.870. The topological polar surface area (TPSA) is 37.4 Å². The van der Waals surface area contributed by atoms with Crippen molar-refractivity contribution in [1.29, 1.82) is 0 Å². The first-order chi connectivity index (χ1) is 9.45. The molecule has 0 saturated heterocycles. The number of hydrogen-bond donors (Lipinski definition) is 0. The van der Waals surface area contributed by atoms with Crippen LogP contribution in [0.15, 0.2) is 29.2 Å². The molecule has 0 amide bonds. The first-order valence-corrected chi connectivity index (χ1v) is 8.99. The maximum Gasteiger partial charge on any atom is 0.243 e. The highest BCUT2D eigenvalue weighted by Gasteiger charge is 2.31. The van der Waals surface area contributed by atoms with Gasteiger partial charge >= 0.3 is 0 Å². The fourth-order valence-corrected chi connectivity index (χ4v) is 3.93. The van der Waals surface area contributed by atoms with Crippen molar-refractivity contribution in [2.45, 2.75) is 50.8 Å². The predicted octanol–water partition coefficient (Wildman–Crippen LogP) is 3.62. The number of hydrogen-bond acceptors (Lipinski definition) is 2. The molecule has 0 heterocycles. The van der Waals surface area contributed by atoms with Crippen LogP contribution in [0.5, 0.6) is 0 Å². The van der Waals surface area contributed by atoms with Crippen molar-refractivity contribution in [3.8, 4) is 0 Å².